The van der Waals surface area contributed by atoms with Crippen molar-refractivity contribution in [2.45, 2.75) is 44.2 Å². The van der Waals surface area contributed by atoms with Crippen LogP contribution in [0.25, 0.3) is 10.9 Å². The number of cyclic esters (lactones) is 1. The minimum absolute atomic E-state index is 0.00349. The number of nitrogens with zero attached hydrogens (tertiary/aromatic N) is 4. The van der Waals surface area contributed by atoms with Crippen molar-refractivity contribution in [2.24, 2.45) is 5.92 Å². The molecular formula is C32H36ClFN6O4. The summed E-state index contributed by atoms with van der Waals surface area (Å²) in [5.74, 6) is 0.649. The summed E-state index contributed by atoms with van der Waals surface area (Å²) in [7, 11) is 2.01. The first-order chi connectivity index (χ1) is 21.3. The summed E-state index contributed by atoms with van der Waals surface area (Å²) in [5.41, 5.74) is 1.71. The van der Waals surface area contributed by atoms with E-state index in [1.54, 1.807) is 24.3 Å². The van der Waals surface area contributed by atoms with E-state index in [0.717, 1.165) is 45.2 Å². The van der Waals surface area contributed by atoms with E-state index in [0.29, 0.717) is 65.6 Å². The summed E-state index contributed by atoms with van der Waals surface area (Å²) in [5, 5.41) is 6.80. The van der Waals surface area contributed by atoms with Crippen molar-refractivity contribution in [1.82, 2.24) is 19.8 Å². The molecule has 10 nitrogen and oxygen atoms in total. The van der Waals surface area contributed by atoms with Crippen LogP contribution in [-0.4, -0.2) is 83.6 Å². The molecule has 2 aliphatic heterocycles. The molecule has 3 heterocycles. The first-order valence-corrected chi connectivity index (χ1v) is 15.4. The monoisotopic (exact) mass is 622 g/mol. The fourth-order valence-corrected chi connectivity index (χ4v) is 5.89. The molecule has 1 amide bonds. The molecule has 1 aliphatic carbocycles. The summed E-state index contributed by atoms with van der Waals surface area (Å²) >= 11 is 5.97. The lowest BCUT2D eigenvalue weighted by atomic mass is 10.0. The van der Waals surface area contributed by atoms with E-state index in [1.165, 1.54) is 18.5 Å². The Bertz CT molecular complexity index is 1560. The molecule has 0 radical (unpaired) electrons. The Balaban J connectivity index is 1.11. The summed E-state index contributed by atoms with van der Waals surface area (Å²) < 4.78 is 24.9. The highest BCUT2D eigenvalue weighted by Crippen LogP contribution is 2.36. The standard InChI is InChI=1S/C32H36ClFN6O4/c1-39(28-10-14-43-32(28)42)22-8-12-40(13-9-22)11-2-3-30(41)38-27-16-23-26(17-29(27)44-18-20-4-5-20)35-19-36-31(23)37-21-6-7-25(34)24(33)15-21/h2-3,6-7,15-17,19-20,22,28H,4-5,8-14,18H2,1H3,(H,38,41)(H,35,36,37)/b3-2+. The highest BCUT2D eigenvalue weighted by Gasteiger charge is 2.35. The number of esters is 1. The quantitative estimate of drug-likeness (QED) is 0.221. The average molecular weight is 623 g/mol. The van der Waals surface area contributed by atoms with Crippen LogP contribution in [0, 0.1) is 11.7 Å². The number of aromatic nitrogens is 2. The number of anilines is 3. The zero-order valence-electron chi connectivity index (χ0n) is 24.6. The Kier molecular flexibility index (Phi) is 9.25. The third-order valence-corrected chi connectivity index (χ3v) is 8.80. The number of nitrogens with one attached hydrogen (secondary N) is 2. The van der Waals surface area contributed by atoms with Gasteiger partial charge in [0.15, 0.2) is 0 Å². The molecule has 3 aliphatic rings. The molecule has 3 fully saturated rings. The van der Waals surface area contributed by atoms with Gasteiger partial charge in [0.2, 0.25) is 5.91 Å². The maximum absolute atomic E-state index is 13.7. The van der Waals surface area contributed by atoms with Crippen LogP contribution in [0.1, 0.15) is 32.1 Å². The molecule has 3 aromatic rings. The van der Waals surface area contributed by atoms with E-state index < -0.39 is 5.82 Å². The number of amides is 1. The van der Waals surface area contributed by atoms with Crippen LogP contribution in [0.3, 0.4) is 0 Å². The number of hydrogen-bond acceptors (Lipinski definition) is 9. The average Bonchev–Trinajstić information content (AvgIpc) is 3.75. The van der Waals surface area contributed by atoms with Gasteiger partial charge in [0.05, 0.1) is 29.4 Å². The lowest BCUT2D eigenvalue weighted by molar-refractivity contribution is -0.142. The number of carbonyl (C=O) groups excluding carboxylic acids is 2. The number of benzene rings is 2. The van der Waals surface area contributed by atoms with Crippen molar-refractivity contribution in [3.8, 4) is 5.75 Å². The number of ether oxygens (including phenoxy) is 2. The van der Waals surface area contributed by atoms with Gasteiger partial charge in [-0.2, -0.15) is 0 Å². The molecule has 0 spiro atoms. The minimum Gasteiger partial charge on any atom is -0.491 e. The summed E-state index contributed by atoms with van der Waals surface area (Å²) in [4.78, 5) is 38.3. The summed E-state index contributed by atoms with van der Waals surface area (Å²) in [6.07, 6.45) is 9.79. The van der Waals surface area contributed by atoms with E-state index in [9.17, 15) is 14.0 Å². The molecule has 1 atom stereocenters. The van der Waals surface area contributed by atoms with Crippen LogP contribution in [0.15, 0.2) is 48.8 Å². The maximum Gasteiger partial charge on any atom is 0.323 e. The van der Waals surface area contributed by atoms with E-state index in [-0.39, 0.29) is 22.9 Å². The Morgan fingerprint density at radius 3 is 2.73 bits per heavy atom. The number of likely N-dealkylation sites (N-methyl/N-ethyl adjacent to an activating group) is 1. The van der Waals surface area contributed by atoms with Gasteiger partial charge >= 0.3 is 5.97 Å². The van der Waals surface area contributed by atoms with E-state index >= 15 is 0 Å². The zero-order chi connectivity index (χ0) is 30.6. The van der Waals surface area contributed by atoms with Crippen molar-refractivity contribution < 1.29 is 23.5 Å². The number of carbonyl (C=O) groups is 2. The number of hydrogen-bond donors (Lipinski definition) is 2. The second kappa shape index (κ2) is 13.5. The van der Waals surface area contributed by atoms with Gasteiger partial charge in [0.25, 0.3) is 0 Å². The van der Waals surface area contributed by atoms with Gasteiger partial charge < -0.3 is 20.1 Å². The second-order valence-electron chi connectivity index (χ2n) is 11.7. The summed E-state index contributed by atoms with van der Waals surface area (Å²) in [6, 6.07) is 8.14. The topological polar surface area (TPSA) is 109 Å². The highest BCUT2D eigenvalue weighted by atomic mass is 35.5. The molecule has 232 valence electrons. The molecule has 44 heavy (non-hydrogen) atoms. The number of fused-ring (bicyclic) bond motifs is 1. The van der Waals surface area contributed by atoms with Gasteiger partial charge in [-0.15, -0.1) is 0 Å². The molecule has 12 heteroatoms. The third kappa shape index (κ3) is 7.28. The maximum atomic E-state index is 13.7. The smallest absolute Gasteiger partial charge is 0.323 e. The largest absolute Gasteiger partial charge is 0.491 e. The Morgan fingerprint density at radius 2 is 2.00 bits per heavy atom. The van der Waals surface area contributed by atoms with Crippen LogP contribution in [-0.2, 0) is 14.3 Å². The lowest BCUT2D eigenvalue weighted by Crippen LogP contribution is -2.48. The van der Waals surface area contributed by atoms with Crippen molar-refractivity contribution in [2.75, 3.05) is 50.5 Å². The second-order valence-corrected chi connectivity index (χ2v) is 12.1. The predicted octanol–water partition coefficient (Wildman–Crippen LogP) is 5.16. The van der Waals surface area contributed by atoms with E-state index in [4.69, 9.17) is 21.1 Å². The molecule has 2 saturated heterocycles. The SMILES string of the molecule is CN(C1CCN(C/C=C/C(=O)Nc2cc3c(Nc4ccc(F)c(Cl)c4)ncnc3cc2OCC2CC2)CC1)C1CCOC1=O. The third-order valence-electron chi connectivity index (χ3n) is 8.51. The van der Waals surface area contributed by atoms with Crippen molar-refractivity contribution in [3.63, 3.8) is 0 Å². The van der Waals surface area contributed by atoms with Gasteiger partial charge in [-0.05, 0) is 76.0 Å². The van der Waals surface area contributed by atoms with Gasteiger partial charge in [0.1, 0.15) is 29.8 Å². The van der Waals surface area contributed by atoms with E-state index in [1.807, 2.05) is 13.1 Å². The molecule has 1 unspecified atom stereocenters. The summed E-state index contributed by atoms with van der Waals surface area (Å²) in [6.45, 7) is 3.51. The molecule has 6 rings (SSSR count). The van der Waals surface area contributed by atoms with Crippen molar-refractivity contribution >= 4 is 51.6 Å². The Labute approximate surface area is 260 Å². The van der Waals surface area contributed by atoms with Gasteiger partial charge in [0, 0.05) is 42.2 Å². The minimum atomic E-state index is -0.509. The molecule has 1 aromatic heterocycles. The Morgan fingerprint density at radius 1 is 1.18 bits per heavy atom. The van der Waals surface area contributed by atoms with E-state index in [2.05, 4.69) is 30.4 Å². The molecule has 2 aromatic carbocycles. The van der Waals surface area contributed by atoms with Crippen LogP contribution >= 0.6 is 11.6 Å². The van der Waals surface area contributed by atoms with Crippen LogP contribution in [0.5, 0.6) is 5.75 Å². The number of piperidine rings is 1. The Hall–Kier alpha value is -3.80. The number of rotatable bonds is 11. The van der Waals surface area contributed by atoms with Gasteiger partial charge in [-0.25, -0.2) is 14.4 Å². The fraction of sp³-hybridized carbons (Fsp3) is 0.438. The first-order valence-electron chi connectivity index (χ1n) is 15.1. The first kappa shape index (κ1) is 30.2. The van der Waals surface area contributed by atoms with Crippen LogP contribution in [0.2, 0.25) is 5.02 Å². The van der Waals surface area contributed by atoms with Crippen LogP contribution in [0.4, 0.5) is 21.6 Å². The van der Waals surface area contributed by atoms with Crippen molar-refractivity contribution in [1.29, 1.82) is 0 Å². The fourth-order valence-electron chi connectivity index (χ4n) is 5.71. The van der Waals surface area contributed by atoms with Gasteiger partial charge in [-0.1, -0.05) is 17.7 Å². The number of likely N-dealkylation sites (tertiary alicyclic amines) is 1. The zero-order valence-corrected chi connectivity index (χ0v) is 25.4. The molecular weight excluding hydrogens is 587 g/mol. The predicted molar refractivity (Wildman–Crippen MR) is 167 cm³/mol. The molecule has 2 N–H and O–H groups in total. The lowest BCUT2D eigenvalue weighted by Gasteiger charge is -2.37. The highest BCUT2D eigenvalue weighted by molar-refractivity contribution is 6.31. The van der Waals surface area contributed by atoms with Crippen LogP contribution < -0.4 is 15.4 Å². The van der Waals surface area contributed by atoms with Crippen molar-refractivity contribution in [3.05, 3.63) is 59.7 Å². The molecule has 1 saturated carbocycles. The normalized spacial score (nSPS) is 19.5. The molecule has 0 bridgehead atoms. The number of halogens is 2. The van der Waals surface area contributed by atoms with Gasteiger partial charge in [-0.3, -0.25) is 19.4 Å².